The molecule has 1 heterocycles. The number of anilines is 2. The van der Waals surface area contributed by atoms with Crippen molar-refractivity contribution in [2.75, 3.05) is 23.8 Å². The first kappa shape index (κ1) is 13.0. The summed E-state index contributed by atoms with van der Waals surface area (Å²) in [6.45, 7) is 1.03. The van der Waals surface area contributed by atoms with E-state index in [9.17, 15) is 0 Å². The zero-order chi connectivity index (χ0) is 13.6. The van der Waals surface area contributed by atoms with Gasteiger partial charge in [-0.15, -0.1) is 0 Å². The highest BCUT2D eigenvalue weighted by atomic mass is 16.6. The first-order chi connectivity index (χ1) is 9.90. The molecule has 2 aromatic rings. The SMILES string of the molecule is c1ccc(NC2COC(Nc3ccccc3)CO2)cc1. The fourth-order valence-electron chi connectivity index (χ4n) is 2.11. The molecule has 0 aromatic heterocycles. The van der Waals surface area contributed by atoms with Crippen LogP contribution in [0.4, 0.5) is 11.4 Å². The Labute approximate surface area is 118 Å². The van der Waals surface area contributed by atoms with Crippen LogP contribution in [-0.2, 0) is 9.47 Å². The molecule has 3 rings (SSSR count). The molecule has 4 nitrogen and oxygen atoms in total. The van der Waals surface area contributed by atoms with E-state index in [1.807, 2.05) is 60.7 Å². The molecule has 0 spiro atoms. The van der Waals surface area contributed by atoms with Crippen molar-refractivity contribution in [2.45, 2.75) is 12.5 Å². The number of hydrogen-bond donors (Lipinski definition) is 2. The quantitative estimate of drug-likeness (QED) is 0.896. The summed E-state index contributed by atoms with van der Waals surface area (Å²) >= 11 is 0. The Morgan fingerprint density at radius 2 is 1.05 bits per heavy atom. The summed E-state index contributed by atoms with van der Waals surface area (Å²) in [5, 5.41) is 6.58. The number of nitrogens with one attached hydrogen (secondary N) is 2. The summed E-state index contributed by atoms with van der Waals surface area (Å²) in [4.78, 5) is 0. The fourth-order valence-corrected chi connectivity index (χ4v) is 2.11. The Morgan fingerprint density at radius 1 is 0.650 bits per heavy atom. The third-order valence-corrected chi connectivity index (χ3v) is 3.10. The highest BCUT2D eigenvalue weighted by Crippen LogP contribution is 2.14. The largest absolute Gasteiger partial charge is 0.358 e. The molecule has 0 saturated carbocycles. The van der Waals surface area contributed by atoms with Gasteiger partial charge in [-0.2, -0.15) is 0 Å². The highest BCUT2D eigenvalue weighted by Gasteiger charge is 2.21. The van der Waals surface area contributed by atoms with Crippen LogP contribution < -0.4 is 10.6 Å². The van der Waals surface area contributed by atoms with Crippen LogP contribution in [-0.4, -0.2) is 25.7 Å². The molecule has 0 radical (unpaired) electrons. The van der Waals surface area contributed by atoms with Crippen molar-refractivity contribution in [3.63, 3.8) is 0 Å². The van der Waals surface area contributed by atoms with Gasteiger partial charge >= 0.3 is 0 Å². The summed E-state index contributed by atoms with van der Waals surface area (Å²) in [6.07, 6.45) is -0.211. The summed E-state index contributed by atoms with van der Waals surface area (Å²) in [5.74, 6) is 0. The average Bonchev–Trinajstić information content (AvgIpc) is 2.51. The Balaban J connectivity index is 1.47. The molecule has 4 heteroatoms. The lowest BCUT2D eigenvalue weighted by Gasteiger charge is -2.31. The lowest BCUT2D eigenvalue weighted by atomic mass is 10.3. The van der Waals surface area contributed by atoms with Gasteiger partial charge < -0.3 is 20.1 Å². The molecule has 20 heavy (non-hydrogen) atoms. The van der Waals surface area contributed by atoms with E-state index in [1.54, 1.807) is 0 Å². The van der Waals surface area contributed by atoms with Gasteiger partial charge in [-0.3, -0.25) is 0 Å². The number of hydrogen-bond acceptors (Lipinski definition) is 4. The smallest absolute Gasteiger partial charge is 0.151 e. The summed E-state index contributed by atoms with van der Waals surface area (Å²) in [6, 6.07) is 20.0. The Kier molecular flexibility index (Phi) is 4.16. The van der Waals surface area contributed by atoms with Crippen LogP contribution >= 0.6 is 0 Å². The molecular formula is C16H18N2O2. The molecule has 0 amide bonds. The molecule has 2 unspecified atom stereocenters. The Hall–Kier alpha value is -2.04. The van der Waals surface area contributed by atoms with Gasteiger partial charge in [-0.1, -0.05) is 36.4 Å². The maximum Gasteiger partial charge on any atom is 0.151 e. The molecule has 2 atom stereocenters. The Morgan fingerprint density at radius 3 is 1.40 bits per heavy atom. The molecule has 2 N–H and O–H groups in total. The molecule has 1 aliphatic rings. The zero-order valence-electron chi connectivity index (χ0n) is 11.2. The second-order valence-electron chi connectivity index (χ2n) is 4.66. The van der Waals surface area contributed by atoms with Gasteiger partial charge in [0.25, 0.3) is 0 Å². The molecule has 1 fully saturated rings. The number of para-hydroxylation sites is 2. The standard InChI is InChI=1S/C16H18N2O2/c1-3-7-13(8-4-1)17-15-11-20-16(12-19-15)18-14-9-5-2-6-10-14/h1-10,15-18H,11-12H2. The van der Waals surface area contributed by atoms with Crippen LogP contribution in [0, 0.1) is 0 Å². The monoisotopic (exact) mass is 270 g/mol. The van der Waals surface area contributed by atoms with Crippen molar-refractivity contribution in [1.82, 2.24) is 0 Å². The van der Waals surface area contributed by atoms with Gasteiger partial charge in [-0.05, 0) is 24.3 Å². The van der Waals surface area contributed by atoms with Crippen LogP contribution in [0.1, 0.15) is 0 Å². The minimum atomic E-state index is -0.105. The molecule has 104 valence electrons. The molecular weight excluding hydrogens is 252 g/mol. The second-order valence-corrected chi connectivity index (χ2v) is 4.66. The van der Waals surface area contributed by atoms with Gasteiger partial charge in [0.15, 0.2) is 12.5 Å². The topological polar surface area (TPSA) is 42.5 Å². The van der Waals surface area contributed by atoms with Gasteiger partial charge in [0.2, 0.25) is 0 Å². The maximum absolute atomic E-state index is 5.77. The van der Waals surface area contributed by atoms with E-state index in [-0.39, 0.29) is 12.5 Å². The molecule has 1 saturated heterocycles. The summed E-state index contributed by atoms with van der Waals surface area (Å²) in [5.41, 5.74) is 2.08. The predicted octanol–water partition coefficient (Wildman–Crippen LogP) is 2.91. The third kappa shape index (κ3) is 3.50. The van der Waals surface area contributed by atoms with E-state index in [0.29, 0.717) is 13.2 Å². The predicted molar refractivity (Wildman–Crippen MR) is 79.6 cm³/mol. The van der Waals surface area contributed by atoms with Gasteiger partial charge in [0.05, 0.1) is 13.2 Å². The molecule has 0 bridgehead atoms. The summed E-state index contributed by atoms with van der Waals surface area (Å²) in [7, 11) is 0. The van der Waals surface area contributed by atoms with E-state index in [4.69, 9.17) is 9.47 Å². The molecule has 2 aromatic carbocycles. The maximum atomic E-state index is 5.77. The first-order valence-corrected chi connectivity index (χ1v) is 6.76. The fraction of sp³-hybridized carbons (Fsp3) is 0.250. The van der Waals surface area contributed by atoms with Gasteiger partial charge in [0.1, 0.15) is 0 Å². The van der Waals surface area contributed by atoms with Crippen molar-refractivity contribution in [3.05, 3.63) is 60.7 Å². The van der Waals surface area contributed by atoms with E-state index >= 15 is 0 Å². The lowest BCUT2D eigenvalue weighted by molar-refractivity contribution is -0.112. The average molecular weight is 270 g/mol. The second kappa shape index (κ2) is 6.41. The molecule has 1 aliphatic heterocycles. The van der Waals surface area contributed by atoms with Crippen LogP contribution in [0.25, 0.3) is 0 Å². The van der Waals surface area contributed by atoms with Crippen molar-refractivity contribution in [2.24, 2.45) is 0 Å². The zero-order valence-corrected chi connectivity index (χ0v) is 11.2. The van der Waals surface area contributed by atoms with E-state index < -0.39 is 0 Å². The van der Waals surface area contributed by atoms with Gasteiger partial charge in [-0.25, -0.2) is 0 Å². The van der Waals surface area contributed by atoms with Crippen molar-refractivity contribution >= 4 is 11.4 Å². The number of ether oxygens (including phenoxy) is 2. The van der Waals surface area contributed by atoms with Crippen molar-refractivity contribution in [3.8, 4) is 0 Å². The third-order valence-electron chi connectivity index (χ3n) is 3.10. The van der Waals surface area contributed by atoms with Crippen LogP contribution in [0.3, 0.4) is 0 Å². The Bertz CT molecular complexity index is 461. The number of benzene rings is 2. The minimum Gasteiger partial charge on any atom is -0.358 e. The normalized spacial score (nSPS) is 22.2. The van der Waals surface area contributed by atoms with Crippen LogP contribution in [0.5, 0.6) is 0 Å². The summed E-state index contributed by atoms with van der Waals surface area (Å²) < 4.78 is 11.5. The lowest BCUT2D eigenvalue weighted by Crippen LogP contribution is -2.43. The van der Waals surface area contributed by atoms with Gasteiger partial charge in [0, 0.05) is 11.4 Å². The first-order valence-electron chi connectivity index (χ1n) is 6.76. The van der Waals surface area contributed by atoms with E-state index in [2.05, 4.69) is 10.6 Å². The van der Waals surface area contributed by atoms with Crippen molar-refractivity contribution < 1.29 is 9.47 Å². The van der Waals surface area contributed by atoms with Crippen LogP contribution in [0.2, 0.25) is 0 Å². The van der Waals surface area contributed by atoms with E-state index in [0.717, 1.165) is 11.4 Å². The van der Waals surface area contributed by atoms with E-state index in [1.165, 1.54) is 0 Å². The number of rotatable bonds is 4. The molecule has 0 aliphatic carbocycles. The highest BCUT2D eigenvalue weighted by molar-refractivity contribution is 5.44. The minimum absolute atomic E-state index is 0.105. The van der Waals surface area contributed by atoms with Crippen molar-refractivity contribution in [1.29, 1.82) is 0 Å². The van der Waals surface area contributed by atoms with Crippen LogP contribution in [0.15, 0.2) is 60.7 Å².